The molecule has 4 aromatic rings. The van der Waals surface area contributed by atoms with Crippen molar-refractivity contribution in [3.63, 3.8) is 0 Å². The maximum Gasteiger partial charge on any atom is 0.355 e. The lowest BCUT2D eigenvalue weighted by Crippen LogP contribution is -2.50. The lowest BCUT2D eigenvalue weighted by molar-refractivity contribution is 0.449. The predicted molar refractivity (Wildman–Crippen MR) is 146 cm³/mol. The van der Waals surface area contributed by atoms with Gasteiger partial charge in [0, 0.05) is 31.9 Å². The normalized spacial score (nSPS) is 15.8. The number of nitrogens with one attached hydrogen (secondary N) is 1. The Morgan fingerprint density at radius 2 is 1.88 bits per heavy atom. The number of hydrogen-bond donors (Lipinski definition) is 2. The second-order valence-electron chi connectivity index (χ2n) is 10.1. The topological polar surface area (TPSA) is 102 Å². The summed E-state index contributed by atoms with van der Waals surface area (Å²) in [6, 6.07) is 2.79. The van der Waals surface area contributed by atoms with Gasteiger partial charge in [0.15, 0.2) is 28.9 Å². The lowest BCUT2D eigenvalue weighted by Gasteiger charge is -2.33. The van der Waals surface area contributed by atoms with E-state index in [2.05, 4.69) is 20.3 Å². The fourth-order valence-electron chi connectivity index (χ4n) is 5.01. The molecule has 1 aliphatic rings. The second-order valence-corrected chi connectivity index (χ2v) is 10.5. The third-order valence-corrected chi connectivity index (χ3v) is 7.30. The molecule has 0 spiro atoms. The van der Waals surface area contributed by atoms with Crippen molar-refractivity contribution in [3.8, 4) is 16.9 Å². The third-order valence-electron chi connectivity index (χ3n) is 6.93. The highest BCUT2D eigenvalue weighted by Crippen LogP contribution is 2.40. The molecule has 210 valence electrons. The standard InChI is InChI=1S/C27H26ClF4N7O/c1-11(2)22-24(12(3)5-6-35-22)39-26-14(25(37-27(39)40)38-8-7-34-13(4)10-38)9-15(29)23(36-26)16-18(30)20(32)19(31)17(28)21(16)33/h5-6,9,11,13,34H,7-8,10,33H2,1-4H3/t13-/m1/s1. The van der Waals surface area contributed by atoms with Crippen LogP contribution in [0.4, 0.5) is 29.1 Å². The van der Waals surface area contributed by atoms with Gasteiger partial charge < -0.3 is 16.0 Å². The maximum absolute atomic E-state index is 15.8. The van der Waals surface area contributed by atoms with Crippen molar-refractivity contribution in [2.24, 2.45) is 0 Å². The molecular weight excluding hydrogens is 550 g/mol. The van der Waals surface area contributed by atoms with Crippen molar-refractivity contribution in [1.29, 1.82) is 0 Å². The van der Waals surface area contributed by atoms with E-state index in [-0.39, 0.29) is 28.8 Å². The molecule has 0 aliphatic carbocycles. The molecule has 3 aromatic heterocycles. The minimum Gasteiger partial charge on any atom is -0.397 e. The summed E-state index contributed by atoms with van der Waals surface area (Å²) in [5.74, 6) is -6.43. The molecule has 1 fully saturated rings. The second kappa shape index (κ2) is 10.3. The van der Waals surface area contributed by atoms with Crippen molar-refractivity contribution in [1.82, 2.24) is 24.8 Å². The van der Waals surface area contributed by atoms with E-state index in [1.165, 1.54) is 4.57 Å². The lowest BCUT2D eigenvalue weighted by atomic mass is 10.0. The van der Waals surface area contributed by atoms with Crippen molar-refractivity contribution in [2.75, 3.05) is 30.3 Å². The zero-order valence-electron chi connectivity index (χ0n) is 22.1. The van der Waals surface area contributed by atoms with Crippen molar-refractivity contribution >= 4 is 34.1 Å². The fourth-order valence-corrected chi connectivity index (χ4v) is 5.19. The molecule has 0 unspecified atom stereocenters. The number of aromatic nitrogens is 4. The van der Waals surface area contributed by atoms with Crippen molar-refractivity contribution in [2.45, 2.75) is 39.7 Å². The Morgan fingerprint density at radius 3 is 2.55 bits per heavy atom. The van der Waals surface area contributed by atoms with Gasteiger partial charge in [0.2, 0.25) is 0 Å². The average molecular weight is 576 g/mol. The summed E-state index contributed by atoms with van der Waals surface area (Å²) in [5.41, 5.74) is 4.26. The van der Waals surface area contributed by atoms with E-state index in [1.54, 1.807) is 19.2 Å². The fraction of sp³-hybridized carbons (Fsp3) is 0.333. The number of anilines is 2. The maximum atomic E-state index is 15.8. The number of benzene rings is 1. The van der Waals surface area contributed by atoms with Gasteiger partial charge in [0.25, 0.3) is 0 Å². The van der Waals surface area contributed by atoms with E-state index in [1.807, 2.05) is 25.7 Å². The first-order chi connectivity index (χ1) is 18.9. The average Bonchev–Trinajstić information content (AvgIpc) is 2.91. The Hall–Kier alpha value is -3.77. The largest absolute Gasteiger partial charge is 0.397 e. The molecular formula is C27H26ClF4N7O. The van der Waals surface area contributed by atoms with E-state index in [9.17, 15) is 13.6 Å². The molecule has 40 heavy (non-hydrogen) atoms. The summed E-state index contributed by atoms with van der Waals surface area (Å²) in [6.45, 7) is 9.04. The quantitative estimate of drug-likeness (QED) is 0.155. The Morgan fingerprint density at radius 1 is 1.15 bits per heavy atom. The van der Waals surface area contributed by atoms with Crippen molar-refractivity contribution in [3.05, 3.63) is 68.4 Å². The van der Waals surface area contributed by atoms with Crippen LogP contribution in [0.5, 0.6) is 0 Å². The number of aryl methyl sites for hydroxylation is 1. The Kier molecular flexibility index (Phi) is 7.17. The van der Waals surface area contributed by atoms with Gasteiger partial charge in [0.05, 0.1) is 28.0 Å². The number of rotatable bonds is 4. The van der Waals surface area contributed by atoms with E-state index >= 15 is 8.78 Å². The van der Waals surface area contributed by atoms with Crippen LogP contribution >= 0.6 is 11.6 Å². The number of halogens is 5. The molecule has 1 aromatic carbocycles. The first kappa shape index (κ1) is 27.8. The highest BCUT2D eigenvalue weighted by molar-refractivity contribution is 6.34. The predicted octanol–water partition coefficient (Wildman–Crippen LogP) is 4.86. The molecule has 8 nitrogen and oxygen atoms in total. The summed E-state index contributed by atoms with van der Waals surface area (Å²) < 4.78 is 60.5. The van der Waals surface area contributed by atoms with Gasteiger partial charge in [-0.15, -0.1) is 0 Å². The smallest absolute Gasteiger partial charge is 0.355 e. The Balaban J connectivity index is 1.93. The molecule has 1 aliphatic heterocycles. The molecule has 5 rings (SSSR count). The molecule has 0 saturated carbocycles. The van der Waals surface area contributed by atoms with Gasteiger partial charge in [0.1, 0.15) is 16.5 Å². The first-order valence-corrected chi connectivity index (χ1v) is 13.0. The third kappa shape index (κ3) is 4.44. The zero-order valence-corrected chi connectivity index (χ0v) is 22.9. The monoisotopic (exact) mass is 575 g/mol. The SMILES string of the molecule is Cc1ccnc(C(C)C)c1-n1c(=O)nc(N2CCN[C@H](C)C2)c2cc(F)c(-c3c(N)c(Cl)c(F)c(F)c3F)nc21. The van der Waals surface area contributed by atoms with Gasteiger partial charge in [-0.3, -0.25) is 4.98 Å². The van der Waals surface area contributed by atoms with Gasteiger partial charge in [-0.1, -0.05) is 25.4 Å². The highest BCUT2D eigenvalue weighted by atomic mass is 35.5. The number of nitrogens with zero attached hydrogens (tertiary/aromatic N) is 5. The summed E-state index contributed by atoms with van der Waals surface area (Å²) in [5, 5.41) is 2.53. The summed E-state index contributed by atoms with van der Waals surface area (Å²) in [4.78, 5) is 28.7. The van der Waals surface area contributed by atoms with Crippen LogP contribution in [0.1, 0.15) is 37.9 Å². The van der Waals surface area contributed by atoms with Crippen LogP contribution in [0.2, 0.25) is 5.02 Å². The van der Waals surface area contributed by atoms with Crippen LogP contribution in [0.25, 0.3) is 28.0 Å². The van der Waals surface area contributed by atoms with Crippen LogP contribution in [0.15, 0.2) is 23.1 Å². The summed E-state index contributed by atoms with van der Waals surface area (Å²) in [7, 11) is 0. The first-order valence-electron chi connectivity index (χ1n) is 12.6. The Labute approximate surface area is 231 Å². The van der Waals surface area contributed by atoms with Crippen LogP contribution in [0, 0.1) is 30.2 Å². The van der Waals surface area contributed by atoms with Gasteiger partial charge >= 0.3 is 5.69 Å². The van der Waals surface area contributed by atoms with Gasteiger partial charge in [-0.05, 0) is 37.5 Å². The number of hydrogen-bond acceptors (Lipinski definition) is 7. The van der Waals surface area contributed by atoms with Crippen LogP contribution < -0.4 is 21.6 Å². The highest BCUT2D eigenvalue weighted by Gasteiger charge is 2.30. The summed E-state index contributed by atoms with van der Waals surface area (Å²) in [6.07, 6.45) is 1.60. The minimum atomic E-state index is -1.93. The molecule has 0 bridgehead atoms. The van der Waals surface area contributed by atoms with Crippen LogP contribution in [-0.2, 0) is 0 Å². The Bertz CT molecular complexity index is 1700. The van der Waals surface area contributed by atoms with E-state index in [0.29, 0.717) is 36.6 Å². The number of piperazine rings is 1. The van der Waals surface area contributed by atoms with E-state index in [0.717, 1.165) is 6.07 Å². The van der Waals surface area contributed by atoms with Gasteiger partial charge in [-0.2, -0.15) is 4.98 Å². The number of nitrogen functional groups attached to an aromatic ring is 1. The van der Waals surface area contributed by atoms with E-state index in [4.69, 9.17) is 17.3 Å². The number of nitrogens with two attached hydrogens (primary N) is 1. The van der Waals surface area contributed by atoms with Gasteiger partial charge in [-0.25, -0.2) is 31.9 Å². The molecule has 1 atom stereocenters. The summed E-state index contributed by atoms with van der Waals surface area (Å²) >= 11 is 5.81. The number of fused-ring (bicyclic) bond motifs is 1. The molecule has 4 heterocycles. The number of pyridine rings is 2. The minimum absolute atomic E-state index is 0.0523. The van der Waals surface area contributed by atoms with Crippen LogP contribution in [-0.4, -0.2) is 45.2 Å². The van der Waals surface area contributed by atoms with E-state index < -0.39 is 50.9 Å². The molecule has 3 N–H and O–H groups in total. The van der Waals surface area contributed by atoms with Crippen LogP contribution in [0.3, 0.4) is 0 Å². The molecule has 0 amide bonds. The molecule has 0 radical (unpaired) electrons. The van der Waals surface area contributed by atoms with Crippen molar-refractivity contribution < 1.29 is 17.6 Å². The molecule has 13 heteroatoms. The zero-order chi connectivity index (χ0) is 29.0. The molecule has 1 saturated heterocycles.